The van der Waals surface area contributed by atoms with Gasteiger partial charge >= 0.3 is 5.97 Å². The first-order valence-electron chi connectivity index (χ1n) is 6.80. The van der Waals surface area contributed by atoms with Crippen molar-refractivity contribution >= 4 is 5.97 Å². The zero-order valence-corrected chi connectivity index (χ0v) is 11.5. The number of esters is 1. The van der Waals surface area contributed by atoms with Crippen LogP contribution in [0, 0.1) is 10.8 Å². The van der Waals surface area contributed by atoms with Gasteiger partial charge in [0.2, 0.25) is 0 Å². The molecule has 0 aliphatic heterocycles. The van der Waals surface area contributed by atoms with Crippen molar-refractivity contribution < 1.29 is 9.53 Å². The average molecular weight is 263 g/mol. The van der Waals surface area contributed by atoms with Crippen LogP contribution in [0.2, 0.25) is 0 Å². The highest BCUT2D eigenvalue weighted by atomic mass is 16.5. The lowest BCUT2D eigenvalue weighted by Crippen LogP contribution is -2.24. The highest BCUT2D eigenvalue weighted by Crippen LogP contribution is 2.20. The predicted octanol–water partition coefficient (Wildman–Crippen LogP) is 3.94. The summed E-state index contributed by atoms with van der Waals surface area (Å²) in [6.07, 6.45) is 2.74. The lowest BCUT2D eigenvalue weighted by atomic mass is 9.95. The van der Waals surface area contributed by atoms with E-state index in [2.05, 4.69) is 5.18 Å². The zero-order valence-electron chi connectivity index (χ0n) is 11.5. The second kappa shape index (κ2) is 8.40. The van der Waals surface area contributed by atoms with Crippen LogP contribution >= 0.6 is 0 Å². The maximum Gasteiger partial charge on any atom is 0.314 e. The van der Waals surface area contributed by atoms with Gasteiger partial charge in [-0.15, -0.1) is 0 Å². The molecule has 0 saturated heterocycles. The number of nitrogens with zero attached hydrogens (tertiary/aromatic N) is 1. The molecule has 0 amide bonds. The third kappa shape index (κ3) is 5.20. The number of carbonyl (C=O) groups is 1. The van der Waals surface area contributed by atoms with Crippen molar-refractivity contribution in [2.75, 3.05) is 0 Å². The molecule has 0 saturated carbocycles. The topological polar surface area (TPSA) is 55.7 Å². The summed E-state index contributed by atoms with van der Waals surface area (Å²) in [5.74, 6) is -0.00929. The minimum Gasteiger partial charge on any atom is -0.426 e. The van der Waals surface area contributed by atoms with Gasteiger partial charge in [0.15, 0.2) is 0 Å². The van der Waals surface area contributed by atoms with Gasteiger partial charge in [0.25, 0.3) is 0 Å². The van der Waals surface area contributed by atoms with Crippen LogP contribution in [0.4, 0.5) is 0 Å². The Bertz CT molecular complexity index is 392. The first kappa shape index (κ1) is 15.3. The smallest absolute Gasteiger partial charge is 0.314 e. The summed E-state index contributed by atoms with van der Waals surface area (Å²) < 4.78 is 5.31. The molecule has 0 fully saturated rings. The number of nitroso groups, excluding NO2 is 1. The van der Waals surface area contributed by atoms with E-state index in [0.717, 1.165) is 12.8 Å². The van der Waals surface area contributed by atoms with Crippen molar-refractivity contribution in [1.29, 1.82) is 0 Å². The van der Waals surface area contributed by atoms with Crippen LogP contribution in [-0.2, 0) is 4.79 Å². The summed E-state index contributed by atoms with van der Waals surface area (Å²) >= 11 is 0. The van der Waals surface area contributed by atoms with Gasteiger partial charge in [0.1, 0.15) is 5.75 Å². The molecule has 0 heterocycles. The largest absolute Gasteiger partial charge is 0.426 e. The molecule has 0 spiro atoms. The summed E-state index contributed by atoms with van der Waals surface area (Å²) in [6, 6.07) is 8.69. The van der Waals surface area contributed by atoms with E-state index in [1.807, 2.05) is 32.0 Å². The second-order valence-electron chi connectivity index (χ2n) is 4.62. The van der Waals surface area contributed by atoms with Crippen LogP contribution in [0.25, 0.3) is 0 Å². The van der Waals surface area contributed by atoms with Crippen molar-refractivity contribution in [3.63, 3.8) is 0 Å². The van der Waals surface area contributed by atoms with Crippen LogP contribution in [-0.4, -0.2) is 12.0 Å². The number of ether oxygens (including phenoxy) is 1. The first-order chi connectivity index (χ1) is 9.21. The van der Waals surface area contributed by atoms with Gasteiger partial charge in [-0.25, -0.2) is 0 Å². The molecule has 0 aliphatic carbocycles. The first-order valence-corrected chi connectivity index (χ1v) is 6.80. The van der Waals surface area contributed by atoms with E-state index in [4.69, 9.17) is 4.74 Å². The molecule has 0 bridgehead atoms. The molecule has 0 N–H and O–H groups in total. The van der Waals surface area contributed by atoms with Crippen molar-refractivity contribution in [3.8, 4) is 5.75 Å². The Labute approximate surface area is 114 Å². The monoisotopic (exact) mass is 263 g/mol. The molecule has 1 aromatic carbocycles. The number of para-hydroxylation sites is 1. The maximum atomic E-state index is 12.0. The summed E-state index contributed by atoms with van der Waals surface area (Å²) in [7, 11) is 0. The number of hydrogen-bond donors (Lipinski definition) is 0. The minimum absolute atomic E-state index is 0.269. The van der Waals surface area contributed by atoms with Crippen LogP contribution in [0.1, 0.15) is 39.5 Å². The second-order valence-corrected chi connectivity index (χ2v) is 4.62. The Morgan fingerprint density at radius 3 is 2.47 bits per heavy atom. The van der Waals surface area contributed by atoms with E-state index in [-0.39, 0.29) is 17.9 Å². The fourth-order valence-corrected chi connectivity index (χ4v) is 1.99. The van der Waals surface area contributed by atoms with Gasteiger partial charge in [-0.3, -0.25) is 4.79 Å². The fourth-order valence-electron chi connectivity index (χ4n) is 1.99. The van der Waals surface area contributed by atoms with Crippen molar-refractivity contribution in [3.05, 3.63) is 35.2 Å². The molecule has 0 radical (unpaired) electrons. The number of carbonyl (C=O) groups excluding carboxylic acids is 1. The van der Waals surface area contributed by atoms with Crippen LogP contribution in [0.5, 0.6) is 5.75 Å². The molecule has 0 aliphatic rings. The minimum atomic E-state index is -0.293. The third-order valence-corrected chi connectivity index (χ3v) is 3.12. The fraction of sp³-hybridized carbons (Fsp3) is 0.533. The molecule has 4 heteroatoms. The third-order valence-electron chi connectivity index (χ3n) is 3.12. The number of hydrogen-bond acceptors (Lipinski definition) is 4. The molecular formula is C15H21NO3. The van der Waals surface area contributed by atoms with E-state index in [1.165, 1.54) is 0 Å². The van der Waals surface area contributed by atoms with Crippen LogP contribution < -0.4 is 4.74 Å². The van der Waals surface area contributed by atoms with Gasteiger partial charge < -0.3 is 4.74 Å². The predicted molar refractivity (Wildman–Crippen MR) is 75.0 cm³/mol. The van der Waals surface area contributed by atoms with E-state index < -0.39 is 0 Å². The molecule has 1 rings (SSSR count). The Balaban J connectivity index is 2.58. The number of benzene rings is 1. The average Bonchev–Trinajstić information content (AvgIpc) is 2.44. The van der Waals surface area contributed by atoms with Crippen LogP contribution in [0.3, 0.4) is 0 Å². The summed E-state index contributed by atoms with van der Waals surface area (Å²) in [4.78, 5) is 22.8. The Morgan fingerprint density at radius 2 is 1.95 bits per heavy atom. The van der Waals surface area contributed by atoms with Gasteiger partial charge in [0.05, 0.1) is 12.0 Å². The lowest BCUT2D eigenvalue weighted by molar-refractivity contribution is -0.139. The highest BCUT2D eigenvalue weighted by molar-refractivity contribution is 5.75. The molecule has 0 aromatic heterocycles. The standard InChI is InChI=1S/C15H21NO3/c1-3-8-13(16-18)11-12(4-2)15(17)19-14-9-6-5-7-10-14/h5-7,9-10,12-13H,3-4,8,11H2,1-2H3. The van der Waals surface area contributed by atoms with Crippen LogP contribution in [0.15, 0.2) is 35.5 Å². The van der Waals surface area contributed by atoms with Crippen molar-refractivity contribution in [2.45, 2.75) is 45.6 Å². The number of rotatable bonds is 8. The Morgan fingerprint density at radius 1 is 1.26 bits per heavy atom. The zero-order chi connectivity index (χ0) is 14.1. The maximum absolute atomic E-state index is 12.0. The van der Waals surface area contributed by atoms with Crippen molar-refractivity contribution in [1.82, 2.24) is 0 Å². The Hall–Kier alpha value is -1.71. The molecule has 19 heavy (non-hydrogen) atoms. The molecule has 104 valence electrons. The normalized spacial score (nSPS) is 13.6. The molecule has 2 unspecified atom stereocenters. The van der Waals surface area contributed by atoms with E-state index in [0.29, 0.717) is 18.6 Å². The summed E-state index contributed by atoms with van der Waals surface area (Å²) in [5, 5.41) is 3.10. The SMILES string of the molecule is CCCC(CC(CC)C(=O)Oc1ccccc1)N=O. The molecule has 4 nitrogen and oxygen atoms in total. The molecular weight excluding hydrogens is 242 g/mol. The summed E-state index contributed by atoms with van der Waals surface area (Å²) in [6.45, 7) is 3.92. The van der Waals surface area contributed by atoms with E-state index in [9.17, 15) is 9.70 Å². The van der Waals surface area contributed by atoms with Gasteiger partial charge in [-0.2, -0.15) is 4.91 Å². The summed E-state index contributed by atoms with van der Waals surface area (Å²) in [5.41, 5.74) is 0. The molecule has 2 atom stereocenters. The van der Waals surface area contributed by atoms with Gasteiger partial charge in [-0.05, 0) is 31.4 Å². The van der Waals surface area contributed by atoms with Gasteiger partial charge in [0, 0.05) is 0 Å². The Kier molecular flexibility index (Phi) is 6.79. The lowest BCUT2D eigenvalue weighted by Gasteiger charge is -2.16. The van der Waals surface area contributed by atoms with E-state index in [1.54, 1.807) is 12.1 Å². The van der Waals surface area contributed by atoms with Gasteiger partial charge in [-0.1, -0.05) is 43.6 Å². The molecule has 1 aromatic rings. The highest BCUT2D eigenvalue weighted by Gasteiger charge is 2.23. The van der Waals surface area contributed by atoms with Crippen molar-refractivity contribution in [2.24, 2.45) is 11.1 Å². The van der Waals surface area contributed by atoms with E-state index >= 15 is 0 Å². The quantitative estimate of drug-likeness (QED) is 0.405.